The van der Waals surface area contributed by atoms with Crippen LogP contribution in [0.2, 0.25) is 0 Å². The Labute approximate surface area is 79.8 Å². The predicted molar refractivity (Wildman–Crippen MR) is 51.4 cm³/mol. The van der Waals surface area contributed by atoms with Crippen LogP contribution in [0.25, 0.3) is 0 Å². The molecule has 0 aliphatic rings. The molecule has 2 N–H and O–H groups in total. The summed E-state index contributed by atoms with van der Waals surface area (Å²) in [4.78, 5) is 10.7. The van der Waals surface area contributed by atoms with Gasteiger partial charge in [-0.1, -0.05) is 27.7 Å². The molecule has 0 amide bonds. The number of aliphatic hydroxyl groups excluding tert-OH is 1. The maximum Gasteiger partial charge on any atom is 0.306 e. The SMILES string of the molecule is CC(CO)C(C)C(C)C(C)C(=O)O. The van der Waals surface area contributed by atoms with E-state index in [1.165, 1.54) is 0 Å². The van der Waals surface area contributed by atoms with Crippen LogP contribution in [0.4, 0.5) is 0 Å². The first-order chi connectivity index (χ1) is 5.91. The highest BCUT2D eigenvalue weighted by atomic mass is 16.4. The van der Waals surface area contributed by atoms with Crippen LogP contribution in [0.15, 0.2) is 0 Å². The summed E-state index contributed by atoms with van der Waals surface area (Å²) in [5.41, 5.74) is 0. The Balaban J connectivity index is 4.24. The Kier molecular flexibility index (Phi) is 4.99. The lowest BCUT2D eigenvalue weighted by Gasteiger charge is -2.27. The van der Waals surface area contributed by atoms with E-state index in [1.54, 1.807) is 6.92 Å². The summed E-state index contributed by atoms with van der Waals surface area (Å²) < 4.78 is 0. The van der Waals surface area contributed by atoms with Gasteiger partial charge in [-0.2, -0.15) is 0 Å². The fraction of sp³-hybridized carbons (Fsp3) is 0.900. The highest BCUT2D eigenvalue weighted by Gasteiger charge is 2.27. The van der Waals surface area contributed by atoms with Gasteiger partial charge in [0.2, 0.25) is 0 Å². The van der Waals surface area contributed by atoms with Gasteiger partial charge in [0, 0.05) is 6.61 Å². The highest BCUT2D eigenvalue weighted by Crippen LogP contribution is 2.26. The molecule has 4 unspecified atom stereocenters. The molecule has 0 spiro atoms. The highest BCUT2D eigenvalue weighted by molar-refractivity contribution is 5.69. The van der Waals surface area contributed by atoms with Crippen LogP contribution in [0.5, 0.6) is 0 Å². The van der Waals surface area contributed by atoms with Crippen molar-refractivity contribution in [1.29, 1.82) is 0 Å². The average molecular weight is 188 g/mol. The number of carboxylic acid groups (broad SMARTS) is 1. The van der Waals surface area contributed by atoms with Crippen LogP contribution >= 0.6 is 0 Å². The van der Waals surface area contributed by atoms with E-state index in [0.717, 1.165) is 0 Å². The molecular weight excluding hydrogens is 168 g/mol. The van der Waals surface area contributed by atoms with Crippen molar-refractivity contribution in [3.63, 3.8) is 0 Å². The zero-order chi connectivity index (χ0) is 10.6. The van der Waals surface area contributed by atoms with E-state index < -0.39 is 5.97 Å². The van der Waals surface area contributed by atoms with Crippen LogP contribution in [-0.4, -0.2) is 22.8 Å². The van der Waals surface area contributed by atoms with Crippen molar-refractivity contribution < 1.29 is 15.0 Å². The van der Waals surface area contributed by atoms with Crippen molar-refractivity contribution in [2.75, 3.05) is 6.61 Å². The first-order valence-electron chi connectivity index (χ1n) is 4.75. The quantitative estimate of drug-likeness (QED) is 0.689. The number of aliphatic hydroxyl groups is 1. The maximum absolute atomic E-state index is 10.7. The first kappa shape index (κ1) is 12.4. The van der Waals surface area contributed by atoms with Gasteiger partial charge in [0.1, 0.15) is 0 Å². The molecule has 0 saturated carbocycles. The van der Waals surface area contributed by atoms with E-state index in [9.17, 15) is 4.79 Å². The van der Waals surface area contributed by atoms with Crippen LogP contribution in [0.1, 0.15) is 27.7 Å². The van der Waals surface area contributed by atoms with Gasteiger partial charge >= 0.3 is 5.97 Å². The molecule has 0 heterocycles. The Morgan fingerprint density at radius 1 is 1.15 bits per heavy atom. The number of rotatable bonds is 5. The summed E-state index contributed by atoms with van der Waals surface area (Å²) in [6.07, 6.45) is 0. The molecule has 13 heavy (non-hydrogen) atoms. The monoisotopic (exact) mass is 188 g/mol. The van der Waals surface area contributed by atoms with E-state index in [-0.39, 0.29) is 30.3 Å². The lowest BCUT2D eigenvalue weighted by molar-refractivity contribution is -0.143. The van der Waals surface area contributed by atoms with Crippen LogP contribution in [0, 0.1) is 23.7 Å². The zero-order valence-corrected chi connectivity index (χ0v) is 8.82. The Hall–Kier alpha value is -0.570. The lowest BCUT2D eigenvalue weighted by atomic mass is 9.78. The molecular formula is C10H20O3. The standard InChI is InChI=1S/C10H20O3/c1-6(5-11)7(2)8(3)9(4)10(12)13/h6-9,11H,5H2,1-4H3,(H,12,13). The maximum atomic E-state index is 10.7. The average Bonchev–Trinajstić information content (AvgIpc) is 2.12. The van der Waals surface area contributed by atoms with Gasteiger partial charge in [-0.15, -0.1) is 0 Å². The Bertz CT molecular complexity index is 168. The minimum absolute atomic E-state index is 0.0969. The molecule has 0 aromatic heterocycles. The number of hydrogen-bond donors (Lipinski definition) is 2. The molecule has 3 heteroatoms. The van der Waals surface area contributed by atoms with E-state index >= 15 is 0 Å². The largest absolute Gasteiger partial charge is 0.481 e. The summed E-state index contributed by atoms with van der Waals surface area (Å²) >= 11 is 0. The smallest absolute Gasteiger partial charge is 0.306 e. The molecule has 78 valence electrons. The van der Waals surface area contributed by atoms with E-state index in [0.29, 0.717) is 0 Å². The van der Waals surface area contributed by atoms with Gasteiger partial charge in [0.25, 0.3) is 0 Å². The van der Waals surface area contributed by atoms with Crippen LogP contribution < -0.4 is 0 Å². The summed E-state index contributed by atoms with van der Waals surface area (Å²) in [5.74, 6) is -0.610. The minimum Gasteiger partial charge on any atom is -0.481 e. The zero-order valence-electron chi connectivity index (χ0n) is 8.82. The van der Waals surface area contributed by atoms with Gasteiger partial charge in [-0.3, -0.25) is 4.79 Å². The van der Waals surface area contributed by atoms with E-state index in [2.05, 4.69) is 0 Å². The number of aliphatic carboxylic acids is 1. The van der Waals surface area contributed by atoms with Crippen molar-refractivity contribution >= 4 is 5.97 Å². The second-order valence-corrected chi connectivity index (χ2v) is 4.01. The van der Waals surface area contributed by atoms with Gasteiger partial charge in [0.15, 0.2) is 0 Å². The van der Waals surface area contributed by atoms with E-state index in [4.69, 9.17) is 10.2 Å². The molecule has 0 radical (unpaired) electrons. The third-order valence-corrected chi connectivity index (χ3v) is 3.19. The molecule has 0 bridgehead atoms. The van der Waals surface area contributed by atoms with Crippen molar-refractivity contribution in [2.24, 2.45) is 23.7 Å². The van der Waals surface area contributed by atoms with Crippen molar-refractivity contribution in [1.82, 2.24) is 0 Å². The fourth-order valence-electron chi connectivity index (χ4n) is 1.36. The van der Waals surface area contributed by atoms with Crippen molar-refractivity contribution in [3.05, 3.63) is 0 Å². The van der Waals surface area contributed by atoms with Gasteiger partial charge in [0.05, 0.1) is 5.92 Å². The summed E-state index contributed by atoms with van der Waals surface area (Å²) in [6.45, 7) is 7.70. The van der Waals surface area contributed by atoms with Gasteiger partial charge < -0.3 is 10.2 Å². The molecule has 0 aromatic carbocycles. The first-order valence-corrected chi connectivity index (χ1v) is 4.75. The third kappa shape index (κ3) is 3.35. The number of carbonyl (C=O) groups is 1. The predicted octanol–water partition coefficient (Wildman–Crippen LogP) is 1.61. The van der Waals surface area contributed by atoms with Gasteiger partial charge in [-0.25, -0.2) is 0 Å². The van der Waals surface area contributed by atoms with Crippen molar-refractivity contribution in [3.8, 4) is 0 Å². The molecule has 0 fully saturated rings. The minimum atomic E-state index is -0.760. The topological polar surface area (TPSA) is 57.5 Å². The third-order valence-electron chi connectivity index (χ3n) is 3.19. The molecule has 0 rings (SSSR count). The summed E-state index contributed by atoms with van der Waals surface area (Å²) in [7, 11) is 0. The lowest BCUT2D eigenvalue weighted by Crippen LogP contribution is -2.28. The molecule has 0 aliphatic carbocycles. The molecule has 3 nitrogen and oxygen atoms in total. The Morgan fingerprint density at radius 2 is 1.62 bits per heavy atom. The number of hydrogen-bond acceptors (Lipinski definition) is 2. The summed E-state index contributed by atoms with van der Waals surface area (Å²) in [6, 6.07) is 0. The number of carboxylic acids is 1. The molecule has 0 aliphatic heterocycles. The molecule has 0 aromatic rings. The van der Waals surface area contributed by atoms with Crippen molar-refractivity contribution in [2.45, 2.75) is 27.7 Å². The molecule has 4 atom stereocenters. The Morgan fingerprint density at radius 3 is 1.92 bits per heavy atom. The van der Waals surface area contributed by atoms with Crippen LogP contribution in [0.3, 0.4) is 0 Å². The van der Waals surface area contributed by atoms with E-state index in [1.807, 2.05) is 20.8 Å². The van der Waals surface area contributed by atoms with Crippen LogP contribution in [-0.2, 0) is 4.79 Å². The van der Waals surface area contributed by atoms with Gasteiger partial charge in [-0.05, 0) is 17.8 Å². The second-order valence-electron chi connectivity index (χ2n) is 4.01. The normalized spacial score (nSPS) is 20.4. The molecule has 0 saturated heterocycles. The second kappa shape index (κ2) is 5.22. The fourth-order valence-corrected chi connectivity index (χ4v) is 1.36. The summed E-state index contributed by atoms with van der Waals surface area (Å²) in [5, 5.41) is 17.7.